The minimum Gasteiger partial charge on any atom is -0.466 e. The number of rotatable bonds is 5. The number of halogens is 3. The van der Waals surface area contributed by atoms with Crippen LogP contribution in [-0.2, 0) is 0 Å². The highest BCUT2D eigenvalue weighted by atomic mass is 79.9. The maximum absolute atomic E-state index is 12.6. The molecular formula is C9H12BrF2NO. The minimum absolute atomic E-state index is 0.258. The number of alkyl halides is 2. The van der Waals surface area contributed by atoms with E-state index in [9.17, 15) is 8.78 Å². The minimum atomic E-state index is -2.47. The van der Waals surface area contributed by atoms with Crippen molar-refractivity contribution in [3.63, 3.8) is 0 Å². The normalized spacial score (nSPS) is 13.5. The van der Waals surface area contributed by atoms with Crippen LogP contribution in [0.25, 0.3) is 0 Å². The van der Waals surface area contributed by atoms with Gasteiger partial charge in [-0.25, -0.2) is 8.78 Å². The lowest BCUT2D eigenvalue weighted by Gasteiger charge is -2.15. The molecule has 0 fully saturated rings. The number of nitrogens with one attached hydrogen (secondary N) is 1. The van der Waals surface area contributed by atoms with Crippen LogP contribution >= 0.6 is 15.9 Å². The van der Waals surface area contributed by atoms with Crippen LogP contribution in [0.2, 0.25) is 0 Å². The van der Waals surface area contributed by atoms with E-state index in [1.54, 1.807) is 6.07 Å². The van der Waals surface area contributed by atoms with E-state index in [4.69, 9.17) is 4.42 Å². The molecule has 1 atom stereocenters. The fraction of sp³-hybridized carbons (Fsp3) is 0.556. The highest BCUT2D eigenvalue weighted by Crippen LogP contribution is 2.28. The van der Waals surface area contributed by atoms with Crippen LogP contribution in [0.4, 0.5) is 8.78 Å². The second kappa shape index (κ2) is 5.46. The molecular weight excluding hydrogens is 256 g/mol. The fourth-order valence-electron chi connectivity index (χ4n) is 1.12. The van der Waals surface area contributed by atoms with Crippen molar-refractivity contribution in [3.8, 4) is 0 Å². The molecule has 1 aromatic heterocycles. The van der Waals surface area contributed by atoms with Gasteiger partial charge < -0.3 is 9.73 Å². The molecule has 0 aromatic carbocycles. The molecule has 1 unspecified atom stereocenters. The van der Waals surface area contributed by atoms with Crippen molar-refractivity contribution in [3.05, 3.63) is 22.6 Å². The van der Waals surface area contributed by atoms with E-state index >= 15 is 0 Å². The van der Waals surface area contributed by atoms with Gasteiger partial charge in [0.15, 0.2) is 0 Å². The third-order valence-corrected chi connectivity index (χ3v) is 2.45. The average Bonchev–Trinajstić information content (AvgIpc) is 2.52. The second-order valence-corrected chi connectivity index (χ2v) is 3.75. The average molecular weight is 268 g/mol. The molecule has 2 nitrogen and oxygen atoms in total. The first-order valence-electron chi connectivity index (χ1n) is 4.41. The van der Waals surface area contributed by atoms with E-state index in [0.29, 0.717) is 11.0 Å². The molecule has 1 rings (SSSR count). The molecule has 80 valence electrons. The van der Waals surface area contributed by atoms with Crippen molar-refractivity contribution in [2.75, 3.05) is 6.54 Å². The smallest absolute Gasteiger partial charge is 0.260 e. The van der Waals surface area contributed by atoms with E-state index < -0.39 is 12.5 Å². The summed E-state index contributed by atoms with van der Waals surface area (Å²) in [5.74, 6) is 0.258. The number of furan rings is 1. The predicted octanol–water partition coefficient (Wildman–Crippen LogP) is 3.35. The summed E-state index contributed by atoms with van der Waals surface area (Å²) in [6, 6.07) is 0.581. The van der Waals surface area contributed by atoms with Crippen LogP contribution in [0.5, 0.6) is 0 Å². The van der Waals surface area contributed by atoms with Crippen LogP contribution in [0.15, 0.2) is 21.2 Å². The standard InChI is InChI=1S/C9H12BrF2NO/c1-2-4-13-7(9(11)12)8-6(10)3-5-14-8/h3,5,7,9,13H,2,4H2,1H3. The molecule has 14 heavy (non-hydrogen) atoms. The SMILES string of the molecule is CCCNC(c1occc1Br)C(F)F. The Bertz CT molecular complexity index is 278. The zero-order chi connectivity index (χ0) is 10.6. The fourth-order valence-corrected chi connectivity index (χ4v) is 1.57. The first-order valence-corrected chi connectivity index (χ1v) is 5.20. The Morgan fingerprint density at radius 1 is 1.57 bits per heavy atom. The van der Waals surface area contributed by atoms with Crippen molar-refractivity contribution in [2.45, 2.75) is 25.8 Å². The summed E-state index contributed by atoms with van der Waals surface area (Å²) in [4.78, 5) is 0. The van der Waals surface area contributed by atoms with Gasteiger partial charge in [0, 0.05) is 0 Å². The van der Waals surface area contributed by atoms with Gasteiger partial charge in [0.1, 0.15) is 11.8 Å². The lowest BCUT2D eigenvalue weighted by molar-refractivity contribution is 0.0876. The van der Waals surface area contributed by atoms with Gasteiger partial charge in [0.25, 0.3) is 6.43 Å². The first-order chi connectivity index (χ1) is 6.66. The molecule has 1 N–H and O–H groups in total. The first kappa shape index (κ1) is 11.7. The third-order valence-electron chi connectivity index (χ3n) is 1.79. The summed E-state index contributed by atoms with van der Waals surface area (Å²) in [5, 5.41) is 2.74. The maximum atomic E-state index is 12.6. The van der Waals surface area contributed by atoms with Crippen molar-refractivity contribution < 1.29 is 13.2 Å². The summed E-state index contributed by atoms with van der Waals surface area (Å²) in [5.41, 5.74) is 0. The van der Waals surface area contributed by atoms with E-state index in [1.807, 2.05) is 6.92 Å². The molecule has 0 aliphatic carbocycles. The molecule has 0 saturated carbocycles. The summed E-state index contributed by atoms with van der Waals surface area (Å²) < 4.78 is 30.8. The van der Waals surface area contributed by atoms with E-state index in [2.05, 4.69) is 21.2 Å². The Labute approximate surface area is 89.8 Å². The Kier molecular flexibility index (Phi) is 4.54. The summed E-state index contributed by atoms with van der Waals surface area (Å²) >= 11 is 3.16. The van der Waals surface area contributed by atoms with Gasteiger partial charge in [-0.3, -0.25) is 0 Å². The van der Waals surface area contributed by atoms with Gasteiger partial charge in [-0.1, -0.05) is 6.92 Å². The Morgan fingerprint density at radius 3 is 2.71 bits per heavy atom. The van der Waals surface area contributed by atoms with Crippen LogP contribution < -0.4 is 5.32 Å². The quantitative estimate of drug-likeness (QED) is 0.885. The van der Waals surface area contributed by atoms with Crippen LogP contribution in [0.1, 0.15) is 25.1 Å². The lowest BCUT2D eigenvalue weighted by Crippen LogP contribution is -2.27. The van der Waals surface area contributed by atoms with Gasteiger partial charge in [-0.15, -0.1) is 0 Å². The Morgan fingerprint density at radius 2 is 2.29 bits per heavy atom. The lowest BCUT2D eigenvalue weighted by atomic mass is 10.2. The molecule has 5 heteroatoms. The third kappa shape index (κ3) is 2.78. The molecule has 0 aliphatic heterocycles. The Balaban J connectivity index is 2.73. The van der Waals surface area contributed by atoms with Crippen molar-refractivity contribution in [1.29, 1.82) is 0 Å². The molecule has 0 amide bonds. The molecule has 1 aromatic rings. The number of hydrogen-bond donors (Lipinski definition) is 1. The van der Waals surface area contributed by atoms with Crippen molar-refractivity contribution in [2.24, 2.45) is 0 Å². The monoisotopic (exact) mass is 267 g/mol. The summed E-state index contributed by atoms with van der Waals surface area (Å²) in [6.07, 6.45) is -0.270. The maximum Gasteiger partial charge on any atom is 0.260 e. The van der Waals surface area contributed by atoms with Gasteiger partial charge in [-0.05, 0) is 35.0 Å². The molecule has 1 heterocycles. The second-order valence-electron chi connectivity index (χ2n) is 2.90. The summed E-state index contributed by atoms with van der Waals surface area (Å²) in [6.45, 7) is 2.47. The van der Waals surface area contributed by atoms with Gasteiger partial charge in [0.2, 0.25) is 0 Å². The molecule has 0 radical (unpaired) electrons. The zero-order valence-electron chi connectivity index (χ0n) is 7.77. The molecule has 0 spiro atoms. The zero-order valence-corrected chi connectivity index (χ0v) is 9.35. The van der Waals surface area contributed by atoms with Gasteiger partial charge in [0.05, 0.1) is 10.7 Å². The highest BCUT2D eigenvalue weighted by Gasteiger charge is 2.26. The highest BCUT2D eigenvalue weighted by molar-refractivity contribution is 9.10. The molecule has 0 bridgehead atoms. The van der Waals surface area contributed by atoms with Crippen LogP contribution in [-0.4, -0.2) is 13.0 Å². The van der Waals surface area contributed by atoms with E-state index in [-0.39, 0.29) is 5.76 Å². The molecule has 0 aliphatic rings. The number of hydrogen-bond acceptors (Lipinski definition) is 2. The Hall–Kier alpha value is -0.420. The van der Waals surface area contributed by atoms with Gasteiger partial charge >= 0.3 is 0 Å². The van der Waals surface area contributed by atoms with Crippen molar-refractivity contribution >= 4 is 15.9 Å². The van der Waals surface area contributed by atoms with Crippen LogP contribution in [0, 0.1) is 0 Å². The summed E-state index contributed by atoms with van der Waals surface area (Å²) in [7, 11) is 0. The topological polar surface area (TPSA) is 25.2 Å². The van der Waals surface area contributed by atoms with Gasteiger partial charge in [-0.2, -0.15) is 0 Å². The largest absolute Gasteiger partial charge is 0.466 e. The van der Waals surface area contributed by atoms with Crippen LogP contribution in [0.3, 0.4) is 0 Å². The van der Waals surface area contributed by atoms with E-state index in [1.165, 1.54) is 6.26 Å². The predicted molar refractivity (Wildman–Crippen MR) is 53.4 cm³/mol. The molecule has 0 saturated heterocycles. The van der Waals surface area contributed by atoms with Crippen molar-refractivity contribution in [1.82, 2.24) is 5.32 Å². The van der Waals surface area contributed by atoms with E-state index in [0.717, 1.165) is 6.42 Å².